The van der Waals surface area contributed by atoms with Crippen molar-refractivity contribution in [2.24, 2.45) is 11.8 Å². The highest BCUT2D eigenvalue weighted by atomic mass is 16.5. The van der Waals surface area contributed by atoms with Crippen LogP contribution in [0.25, 0.3) is 0 Å². The highest BCUT2D eigenvalue weighted by Crippen LogP contribution is 2.29. The zero-order chi connectivity index (χ0) is 10.9. The molecule has 1 aliphatic heterocycles. The van der Waals surface area contributed by atoms with Crippen molar-refractivity contribution in [3.05, 3.63) is 0 Å². The summed E-state index contributed by atoms with van der Waals surface area (Å²) in [5.41, 5.74) is 0. The van der Waals surface area contributed by atoms with Crippen molar-refractivity contribution in [1.29, 1.82) is 0 Å². The standard InChI is InChI=1S/C14H28O/c1-3-5-7-9-13-11-15-12-14(13)10-8-6-4-2/h13-14H,3-12H2,1-2H3. The maximum atomic E-state index is 5.63. The molecule has 90 valence electrons. The van der Waals surface area contributed by atoms with Crippen LogP contribution in [0, 0.1) is 11.8 Å². The van der Waals surface area contributed by atoms with Crippen LogP contribution in [0.5, 0.6) is 0 Å². The van der Waals surface area contributed by atoms with Gasteiger partial charge in [0.05, 0.1) is 0 Å². The smallest absolute Gasteiger partial charge is 0.0497 e. The van der Waals surface area contributed by atoms with Crippen LogP contribution < -0.4 is 0 Å². The molecule has 0 aromatic carbocycles. The topological polar surface area (TPSA) is 9.23 Å². The molecule has 2 atom stereocenters. The lowest BCUT2D eigenvalue weighted by Gasteiger charge is -2.16. The summed E-state index contributed by atoms with van der Waals surface area (Å²) in [6.45, 7) is 6.65. The summed E-state index contributed by atoms with van der Waals surface area (Å²) in [5.74, 6) is 1.77. The highest BCUT2D eigenvalue weighted by Gasteiger charge is 2.26. The molecule has 0 amide bonds. The second kappa shape index (κ2) is 8.15. The minimum Gasteiger partial charge on any atom is -0.381 e. The van der Waals surface area contributed by atoms with Crippen molar-refractivity contribution in [2.45, 2.75) is 65.2 Å². The van der Waals surface area contributed by atoms with Crippen LogP contribution in [0.15, 0.2) is 0 Å². The molecule has 0 aliphatic carbocycles. The summed E-state index contributed by atoms with van der Waals surface area (Å²) in [6.07, 6.45) is 11.1. The normalized spacial score (nSPS) is 26.0. The molecule has 1 heterocycles. The lowest BCUT2D eigenvalue weighted by atomic mass is 9.87. The molecule has 1 rings (SSSR count). The average molecular weight is 212 g/mol. The Morgan fingerprint density at radius 1 is 0.800 bits per heavy atom. The summed E-state index contributed by atoms with van der Waals surface area (Å²) in [5, 5.41) is 0. The van der Waals surface area contributed by atoms with E-state index in [1.807, 2.05) is 0 Å². The molecular weight excluding hydrogens is 184 g/mol. The third-order valence-corrected chi connectivity index (χ3v) is 3.69. The monoisotopic (exact) mass is 212 g/mol. The van der Waals surface area contributed by atoms with Gasteiger partial charge in [-0.25, -0.2) is 0 Å². The van der Waals surface area contributed by atoms with Crippen LogP contribution in [0.4, 0.5) is 0 Å². The predicted molar refractivity (Wildman–Crippen MR) is 66.1 cm³/mol. The van der Waals surface area contributed by atoms with Crippen LogP contribution in [0.1, 0.15) is 65.2 Å². The number of rotatable bonds is 8. The molecule has 15 heavy (non-hydrogen) atoms. The van der Waals surface area contributed by atoms with E-state index in [2.05, 4.69) is 13.8 Å². The summed E-state index contributed by atoms with van der Waals surface area (Å²) < 4.78 is 5.63. The largest absolute Gasteiger partial charge is 0.381 e. The molecule has 0 aromatic heterocycles. The van der Waals surface area contributed by atoms with Gasteiger partial charge in [-0.05, 0) is 24.7 Å². The molecule has 1 saturated heterocycles. The van der Waals surface area contributed by atoms with Crippen molar-refractivity contribution in [3.63, 3.8) is 0 Å². The SMILES string of the molecule is CCCCCC1COCC1CCCCC. The van der Waals surface area contributed by atoms with Crippen LogP contribution in [-0.2, 0) is 4.74 Å². The van der Waals surface area contributed by atoms with Gasteiger partial charge in [-0.1, -0.05) is 52.4 Å². The van der Waals surface area contributed by atoms with Gasteiger partial charge in [0.25, 0.3) is 0 Å². The van der Waals surface area contributed by atoms with Crippen LogP contribution in [-0.4, -0.2) is 13.2 Å². The van der Waals surface area contributed by atoms with Gasteiger partial charge in [-0.2, -0.15) is 0 Å². The molecule has 0 N–H and O–H groups in total. The van der Waals surface area contributed by atoms with Crippen LogP contribution in [0.2, 0.25) is 0 Å². The van der Waals surface area contributed by atoms with Gasteiger partial charge in [-0.15, -0.1) is 0 Å². The third kappa shape index (κ3) is 5.01. The van der Waals surface area contributed by atoms with Crippen molar-refractivity contribution < 1.29 is 4.74 Å². The Balaban J connectivity index is 2.11. The lowest BCUT2D eigenvalue weighted by molar-refractivity contribution is 0.178. The molecule has 0 aromatic rings. The summed E-state index contributed by atoms with van der Waals surface area (Å²) >= 11 is 0. The molecule has 0 spiro atoms. The number of hydrogen-bond acceptors (Lipinski definition) is 1. The molecule has 0 saturated carbocycles. The van der Waals surface area contributed by atoms with E-state index in [4.69, 9.17) is 4.74 Å². The van der Waals surface area contributed by atoms with Gasteiger partial charge < -0.3 is 4.74 Å². The summed E-state index contributed by atoms with van der Waals surface area (Å²) in [6, 6.07) is 0. The van der Waals surface area contributed by atoms with Gasteiger partial charge in [0.2, 0.25) is 0 Å². The Bertz CT molecular complexity index is 128. The molecule has 1 aliphatic rings. The fourth-order valence-electron chi connectivity index (χ4n) is 2.59. The lowest BCUT2D eigenvalue weighted by Crippen LogP contribution is -2.12. The van der Waals surface area contributed by atoms with Gasteiger partial charge in [0.15, 0.2) is 0 Å². The van der Waals surface area contributed by atoms with Crippen molar-refractivity contribution in [1.82, 2.24) is 0 Å². The van der Waals surface area contributed by atoms with Crippen molar-refractivity contribution in [3.8, 4) is 0 Å². The van der Waals surface area contributed by atoms with Gasteiger partial charge in [0, 0.05) is 13.2 Å². The Hall–Kier alpha value is -0.0400. The second-order valence-electron chi connectivity index (χ2n) is 5.05. The van der Waals surface area contributed by atoms with Gasteiger partial charge in [-0.3, -0.25) is 0 Å². The number of unbranched alkanes of at least 4 members (excludes halogenated alkanes) is 4. The quantitative estimate of drug-likeness (QED) is 0.542. The highest BCUT2D eigenvalue weighted by molar-refractivity contribution is 4.75. The van der Waals surface area contributed by atoms with E-state index in [1.54, 1.807) is 0 Å². The maximum Gasteiger partial charge on any atom is 0.0497 e. The Kier molecular flexibility index (Phi) is 7.08. The van der Waals surface area contributed by atoms with E-state index >= 15 is 0 Å². The first-order valence-electron chi connectivity index (χ1n) is 6.96. The Labute approximate surface area is 95.6 Å². The fraction of sp³-hybridized carbons (Fsp3) is 1.00. The van der Waals surface area contributed by atoms with E-state index in [0.29, 0.717) is 0 Å². The van der Waals surface area contributed by atoms with Crippen LogP contribution in [0.3, 0.4) is 0 Å². The average Bonchev–Trinajstić information content (AvgIpc) is 2.67. The van der Waals surface area contributed by atoms with E-state index in [9.17, 15) is 0 Å². The minimum absolute atomic E-state index is 0.883. The number of ether oxygens (including phenoxy) is 1. The first-order chi connectivity index (χ1) is 7.38. The van der Waals surface area contributed by atoms with E-state index in [1.165, 1.54) is 51.4 Å². The number of hydrogen-bond donors (Lipinski definition) is 0. The van der Waals surface area contributed by atoms with E-state index in [0.717, 1.165) is 25.0 Å². The molecule has 1 fully saturated rings. The predicted octanol–water partition coefficient (Wildman–Crippen LogP) is 4.41. The van der Waals surface area contributed by atoms with Crippen molar-refractivity contribution in [2.75, 3.05) is 13.2 Å². The maximum absolute atomic E-state index is 5.63. The summed E-state index contributed by atoms with van der Waals surface area (Å²) in [4.78, 5) is 0. The molecule has 1 heteroatoms. The third-order valence-electron chi connectivity index (χ3n) is 3.69. The second-order valence-corrected chi connectivity index (χ2v) is 5.05. The zero-order valence-electron chi connectivity index (χ0n) is 10.6. The van der Waals surface area contributed by atoms with Crippen LogP contribution >= 0.6 is 0 Å². The molecule has 0 radical (unpaired) electrons. The molecule has 2 unspecified atom stereocenters. The minimum atomic E-state index is 0.883. The van der Waals surface area contributed by atoms with Gasteiger partial charge in [0.1, 0.15) is 0 Å². The first-order valence-corrected chi connectivity index (χ1v) is 6.96. The fourth-order valence-corrected chi connectivity index (χ4v) is 2.59. The Morgan fingerprint density at radius 2 is 1.27 bits per heavy atom. The molecule has 1 nitrogen and oxygen atoms in total. The van der Waals surface area contributed by atoms with Gasteiger partial charge >= 0.3 is 0 Å². The summed E-state index contributed by atoms with van der Waals surface area (Å²) in [7, 11) is 0. The Morgan fingerprint density at radius 3 is 1.67 bits per heavy atom. The molecule has 0 bridgehead atoms. The first kappa shape index (κ1) is 13.0. The van der Waals surface area contributed by atoms with Crippen molar-refractivity contribution >= 4 is 0 Å². The zero-order valence-corrected chi connectivity index (χ0v) is 10.6. The molecular formula is C14H28O. The van der Waals surface area contributed by atoms with E-state index in [-0.39, 0.29) is 0 Å². The van der Waals surface area contributed by atoms with E-state index < -0.39 is 0 Å².